The highest BCUT2D eigenvalue weighted by atomic mass is 15.0. The Bertz CT molecular complexity index is 4950. The van der Waals surface area contributed by atoms with Gasteiger partial charge in [0.25, 0.3) is 0 Å². The number of aryl methyl sites for hydroxylation is 20. The third kappa shape index (κ3) is 18.4. The molecule has 0 aliphatic carbocycles. The highest BCUT2D eigenvalue weighted by Crippen LogP contribution is 2.28. The lowest BCUT2D eigenvalue weighted by Gasteiger charge is -2.07. The number of rotatable bonds is 6. The molecule has 96 heavy (non-hydrogen) atoms. The van der Waals surface area contributed by atoms with Crippen molar-refractivity contribution in [3.05, 3.63) is 319 Å². The van der Waals surface area contributed by atoms with Crippen molar-refractivity contribution in [3.63, 3.8) is 0 Å². The van der Waals surface area contributed by atoms with Gasteiger partial charge in [0.15, 0.2) is 36.2 Å². The van der Waals surface area contributed by atoms with Gasteiger partial charge in [-0.25, -0.2) is 18.3 Å². The molecule has 6 nitrogen and oxygen atoms in total. The fourth-order valence-electron chi connectivity index (χ4n) is 12.5. The predicted molar refractivity (Wildman–Crippen MR) is 404 cm³/mol. The van der Waals surface area contributed by atoms with E-state index in [0.29, 0.717) is 16.7 Å². The molecule has 0 radical (unpaired) electrons. The van der Waals surface area contributed by atoms with Gasteiger partial charge in [-0.2, -0.15) is 9.13 Å². The third-order valence-electron chi connectivity index (χ3n) is 18.3. The van der Waals surface area contributed by atoms with Crippen LogP contribution in [-0.2, 0) is 42.3 Å². The van der Waals surface area contributed by atoms with E-state index in [-0.39, 0.29) is 0 Å². The Kier molecular flexibility index (Phi) is 21.4. The molecule has 0 aliphatic heterocycles. The summed E-state index contributed by atoms with van der Waals surface area (Å²) in [5, 5.41) is 0. The van der Waals surface area contributed by atoms with Crippen molar-refractivity contribution in [2.24, 2.45) is 42.3 Å². The number of benzene rings is 6. The second-order valence-corrected chi connectivity index (χ2v) is 25.7. The molecule has 6 heteroatoms. The number of hydrogen-bond acceptors (Lipinski definition) is 0. The summed E-state index contributed by atoms with van der Waals surface area (Å²) in [7, 11) is 12.0. The SMILES string of the molecule is Cc1cc(-c2ccccc2C)[n+](C)cc1C.Cc1cc(C)c(-c2ccccc2C)[n+](C)c1.Cc1ccccc1-c1ccc(C)c(C)[n+]1C.[2H]C([2H])([2H])c1cc(C)c(-c2ccccc2C)[n+](C)c1.[2H]C([2H])([2H])c1ccc(-c2c(C)cccc2C)[n+](C)c1.[2H]C([2H])([2H])c1ccc(-c2ccccc2C)[n+](C)c1C. The van der Waals surface area contributed by atoms with Crippen LogP contribution in [0.2, 0.25) is 0 Å². The summed E-state index contributed by atoms with van der Waals surface area (Å²) in [6, 6.07) is 65.8. The lowest BCUT2D eigenvalue weighted by atomic mass is 9.99. The van der Waals surface area contributed by atoms with Crippen molar-refractivity contribution in [1.82, 2.24) is 0 Å². The molecule has 0 unspecified atom stereocenters. The highest BCUT2D eigenvalue weighted by Gasteiger charge is 2.21. The maximum atomic E-state index is 7.55. The van der Waals surface area contributed by atoms with Crippen LogP contribution in [0.3, 0.4) is 0 Å². The molecule has 0 spiro atoms. The molecule has 492 valence electrons. The van der Waals surface area contributed by atoms with E-state index in [4.69, 9.17) is 12.3 Å². The van der Waals surface area contributed by atoms with E-state index in [1.54, 1.807) is 30.6 Å². The first-order chi connectivity index (χ1) is 49.2. The average Bonchev–Trinajstić information content (AvgIpc) is 0.838. The van der Waals surface area contributed by atoms with Crippen molar-refractivity contribution >= 4 is 0 Å². The zero-order valence-electron chi connectivity index (χ0n) is 70.0. The quantitative estimate of drug-likeness (QED) is 0.148. The van der Waals surface area contributed by atoms with Gasteiger partial charge in [0.05, 0.1) is 5.56 Å². The first kappa shape index (κ1) is 61.1. The molecule has 0 atom stereocenters. The van der Waals surface area contributed by atoms with E-state index in [0.717, 1.165) is 39.5 Å². The standard InChI is InChI=1S/6C15H18N/c1-11-8-9-14(16(4)10-11)15-12(2)6-5-7-13(15)3;2*1-11-9-13(3)15(16(4)10-11)14-8-6-5-7-12(14)2;1-11-7-5-6-8-14(11)15-9-12(2)13(3)10-16(15)4;2*1-11-9-10-15(16(4)13(11)3)14-8-6-5-7-12(14)2/h6*5-10H,1-4H3/q6*+1/i2*1D3;;;1D3;. The highest BCUT2D eigenvalue weighted by molar-refractivity contribution is 5.67. The Hall–Kier alpha value is -9.78. The second kappa shape index (κ2) is 33.6. The number of aromatic nitrogens is 6. The lowest BCUT2D eigenvalue weighted by Crippen LogP contribution is -2.35. The molecule has 0 saturated carbocycles. The lowest BCUT2D eigenvalue weighted by molar-refractivity contribution is -0.667. The van der Waals surface area contributed by atoms with E-state index in [2.05, 4.69) is 271 Å². The fraction of sp³-hybridized carbons (Fsp3) is 0.267. The second-order valence-electron chi connectivity index (χ2n) is 25.7. The van der Waals surface area contributed by atoms with Crippen LogP contribution in [0.5, 0.6) is 0 Å². The summed E-state index contributed by atoms with van der Waals surface area (Å²) in [6.45, 7) is 25.3. The normalized spacial score (nSPS) is 12.3. The van der Waals surface area contributed by atoms with Crippen molar-refractivity contribution in [3.8, 4) is 67.5 Å². The van der Waals surface area contributed by atoms with E-state index in [1.807, 2.05) is 91.2 Å². The molecular formula is C90H108N6+6. The van der Waals surface area contributed by atoms with Crippen LogP contribution in [0.25, 0.3) is 67.5 Å². The van der Waals surface area contributed by atoms with Crippen LogP contribution < -0.4 is 27.4 Å². The van der Waals surface area contributed by atoms with Gasteiger partial charge in [0.1, 0.15) is 42.3 Å². The number of nitrogens with zero attached hydrogens (tertiary/aromatic N) is 6. The molecule has 0 bridgehead atoms. The molecular weight excluding hydrogens is 1170 g/mol. The minimum absolute atomic E-state index is 0.366. The average molecular weight is 1280 g/mol. The maximum Gasteiger partial charge on any atom is 0.215 e. The van der Waals surface area contributed by atoms with E-state index in [1.165, 1.54) is 112 Å². The van der Waals surface area contributed by atoms with Crippen LogP contribution >= 0.6 is 0 Å². The summed E-state index contributed by atoms with van der Waals surface area (Å²) in [4.78, 5) is 0. The Balaban J connectivity index is 0.000000176. The van der Waals surface area contributed by atoms with Crippen molar-refractivity contribution in [2.75, 3.05) is 0 Å². The van der Waals surface area contributed by atoms with E-state index < -0.39 is 20.6 Å². The van der Waals surface area contributed by atoms with Crippen LogP contribution in [0.15, 0.2) is 219 Å². The summed E-state index contributed by atoms with van der Waals surface area (Å²) in [5.74, 6) is 0. The zero-order chi connectivity index (χ0) is 77.7. The Labute approximate surface area is 590 Å². The van der Waals surface area contributed by atoms with Gasteiger partial charge in [0.2, 0.25) is 34.2 Å². The third-order valence-corrected chi connectivity index (χ3v) is 18.3. The smallest absolute Gasteiger partial charge is 0.201 e. The first-order valence-corrected chi connectivity index (χ1v) is 33.0. The van der Waals surface area contributed by atoms with Crippen LogP contribution in [0.4, 0.5) is 0 Å². The molecule has 0 saturated heterocycles. The van der Waals surface area contributed by atoms with Gasteiger partial charge in [-0.3, -0.25) is 0 Å². The molecule has 0 N–H and O–H groups in total. The molecule has 0 aliphatic rings. The topological polar surface area (TPSA) is 23.3 Å². The van der Waals surface area contributed by atoms with Gasteiger partial charge in [-0.1, -0.05) is 109 Å². The number of pyridine rings is 6. The monoisotopic (exact) mass is 1280 g/mol. The Morgan fingerprint density at radius 3 is 1.00 bits per heavy atom. The predicted octanol–water partition coefficient (Wildman–Crippen LogP) is 18.6. The van der Waals surface area contributed by atoms with Gasteiger partial charge in [0, 0.05) is 123 Å². The van der Waals surface area contributed by atoms with Gasteiger partial charge >= 0.3 is 0 Å². The van der Waals surface area contributed by atoms with E-state index in [9.17, 15) is 0 Å². The Morgan fingerprint density at radius 1 is 0.229 bits per heavy atom. The molecule has 6 heterocycles. The van der Waals surface area contributed by atoms with Crippen molar-refractivity contribution < 1.29 is 39.7 Å². The van der Waals surface area contributed by atoms with Crippen LogP contribution in [0.1, 0.15) is 113 Å². The van der Waals surface area contributed by atoms with Crippen LogP contribution in [-0.4, -0.2) is 0 Å². The maximum absolute atomic E-state index is 7.55. The molecule has 12 aromatic rings. The fourth-order valence-corrected chi connectivity index (χ4v) is 12.5. The van der Waals surface area contributed by atoms with Gasteiger partial charge < -0.3 is 0 Å². The van der Waals surface area contributed by atoms with Crippen molar-refractivity contribution in [2.45, 2.75) is 124 Å². The van der Waals surface area contributed by atoms with E-state index >= 15 is 0 Å². The summed E-state index contributed by atoms with van der Waals surface area (Å²) in [5.41, 5.74) is 34.0. The zero-order valence-corrected chi connectivity index (χ0v) is 61.0. The summed E-state index contributed by atoms with van der Waals surface area (Å²) >= 11 is 0. The largest absolute Gasteiger partial charge is 0.215 e. The number of hydrogen-bond donors (Lipinski definition) is 0. The molecule has 6 aromatic carbocycles. The molecule has 6 aromatic heterocycles. The van der Waals surface area contributed by atoms with Gasteiger partial charge in [-0.05, 0) is 216 Å². The summed E-state index contributed by atoms with van der Waals surface area (Å²) < 4.78 is 79.9. The minimum Gasteiger partial charge on any atom is -0.201 e. The van der Waals surface area contributed by atoms with Crippen molar-refractivity contribution in [1.29, 1.82) is 0 Å². The minimum atomic E-state index is -2.06. The molecule has 0 amide bonds. The molecule has 0 fully saturated rings. The van der Waals surface area contributed by atoms with Crippen LogP contribution in [0, 0.1) is 124 Å². The Morgan fingerprint density at radius 2 is 0.583 bits per heavy atom. The van der Waals surface area contributed by atoms with Gasteiger partial charge in [-0.15, -0.1) is 0 Å². The molecule has 12 rings (SSSR count). The first-order valence-electron chi connectivity index (χ1n) is 37.5. The summed E-state index contributed by atoms with van der Waals surface area (Å²) in [6.07, 6.45) is 7.75.